The van der Waals surface area contributed by atoms with Crippen LogP contribution in [0.5, 0.6) is 0 Å². The van der Waals surface area contributed by atoms with Gasteiger partial charge >= 0.3 is 0 Å². The molecule has 3 rings (SSSR count). The van der Waals surface area contributed by atoms with Gasteiger partial charge in [-0.25, -0.2) is 4.68 Å². The van der Waals surface area contributed by atoms with Crippen molar-refractivity contribution < 1.29 is 0 Å². The van der Waals surface area contributed by atoms with Crippen molar-refractivity contribution in [3.8, 4) is 11.4 Å². The lowest BCUT2D eigenvalue weighted by Crippen LogP contribution is -2.17. The zero-order valence-corrected chi connectivity index (χ0v) is 12.1. The molecule has 0 radical (unpaired) electrons. The van der Waals surface area contributed by atoms with Crippen LogP contribution in [0.15, 0.2) is 18.2 Å². The number of nitrogens with two attached hydrogens (primary N) is 1. The van der Waals surface area contributed by atoms with Gasteiger partial charge in [-0.2, -0.15) is 0 Å². The molecule has 0 saturated heterocycles. The molecule has 0 bridgehead atoms. The quantitative estimate of drug-likeness (QED) is 0.871. The summed E-state index contributed by atoms with van der Waals surface area (Å²) in [4.78, 5) is 0. The van der Waals surface area contributed by atoms with Crippen LogP contribution < -0.4 is 5.73 Å². The van der Waals surface area contributed by atoms with E-state index in [1.54, 1.807) is 0 Å². The summed E-state index contributed by atoms with van der Waals surface area (Å²) in [6, 6.07) is 6.23. The van der Waals surface area contributed by atoms with Crippen LogP contribution in [0.2, 0.25) is 0 Å². The van der Waals surface area contributed by atoms with Crippen LogP contribution in [-0.4, -0.2) is 20.2 Å². The highest BCUT2D eigenvalue weighted by atomic mass is 15.5. The topological polar surface area (TPSA) is 69.6 Å². The first-order valence-corrected chi connectivity index (χ1v) is 7.31. The zero-order chi connectivity index (χ0) is 14.1. The molecule has 2 N–H and O–H groups in total. The molecule has 1 atom stereocenters. The fourth-order valence-electron chi connectivity index (χ4n) is 3.22. The molecule has 0 spiro atoms. The summed E-state index contributed by atoms with van der Waals surface area (Å²) in [5.41, 5.74) is 8.77. The summed E-state index contributed by atoms with van der Waals surface area (Å²) in [5.74, 6) is 1.54. The Morgan fingerprint density at radius 3 is 2.75 bits per heavy atom. The van der Waals surface area contributed by atoms with E-state index in [0.29, 0.717) is 12.0 Å². The third-order valence-corrected chi connectivity index (χ3v) is 4.45. The molecule has 1 unspecified atom stereocenters. The minimum Gasteiger partial charge on any atom is -0.399 e. The molecule has 1 aromatic heterocycles. The van der Waals surface area contributed by atoms with Gasteiger partial charge in [0, 0.05) is 11.3 Å². The van der Waals surface area contributed by atoms with Crippen LogP contribution in [0, 0.1) is 12.8 Å². The average molecular weight is 271 g/mol. The lowest BCUT2D eigenvalue weighted by molar-refractivity contribution is 0.332. The molecule has 20 heavy (non-hydrogen) atoms. The second-order valence-electron chi connectivity index (χ2n) is 5.81. The highest BCUT2D eigenvalue weighted by Gasteiger charge is 2.26. The van der Waals surface area contributed by atoms with Gasteiger partial charge in [0.25, 0.3) is 0 Å². The van der Waals surface area contributed by atoms with E-state index in [-0.39, 0.29) is 0 Å². The molecule has 2 aromatic rings. The van der Waals surface area contributed by atoms with Crippen molar-refractivity contribution in [3.05, 3.63) is 23.8 Å². The van der Waals surface area contributed by atoms with Gasteiger partial charge in [0.1, 0.15) is 0 Å². The molecule has 1 aromatic carbocycles. The first kappa shape index (κ1) is 13.1. The van der Waals surface area contributed by atoms with Crippen molar-refractivity contribution in [2.24, 2.45) is 5.92 Å². The maximum absolute atomic E-state index is 5.82. The van der Waals surface area contributed by atoms with Crippen LogP contribution in [0.3, 0.4) is 0 Å². The number of tetrazole rings is 1. The van der Waals surface area contributed by atoms with Gasteiger partial charge in [0.2, 0.25) is 0 Å². The van der Waals surface area contributed by atoms with Gasteiger partial charge in [0.15, 0.2) is 5.82 Å². The summed E-state index contributed by atoms with van der Waals surface area (Å²) in [5, 5.41) is 12.3. The van der Waals surface area contributed by atoms with Gasteiger partial charge < -0.3 is 5.73 Å². The molecule has 5 heteroatoms. The third kappa shape index (κ3) is 2.28. The van der Waals surface area contributed by atoms with Crippen LogP contribution in [-0.2, 0) is 0 Å². The van der Waals surface area contributed by atoms with Crippen molar-refractivity contribution >= 4 is 5.69 Å². The van der Waals surface area contributed by atoms with E-state index in [1.165, 1.54) is 25.7 Å². The predicted molar refractivity (Wildman–Crippen MR) is 79.1 cm³/mol. The standard InChI is InChI=1S/C15H21N5/c1-10-9-13(16)7-8-14(10)15-17-18-19-20(15)11(2)12-5-3-4-6-12/h7-9,11-12H,3-6,16H2,1-2H3. The fourth-order valence-corrected chi connectivity index (χ4v) is 3.22. The average Bonchev–Trinajstić information content (AvgIpc) is 3.09. The predicted octanol–water partition coefficient (Wildman–Crippen LogP) is 2.98. The Balaban J connectivity index is 1.97. The van der Waals surface area contributed by atoms with Gasteiger partial charge in [-0.3, -0.25) is 0 Å². The highest BCUT2D eigenvalue weighted by molar-refractivity contribution is 5.63. The van der Waals surface area contributed by atoms with E-state index in [2.05, 4.69) is 22.4 Å². The summed E-state index contributed by atoms with van der Waals surface area (Å²) >= 11 is 0. The van der Waals surface area contributed by atoms with Crippen molar-refractivity contribution in [2.45, 2.75) is 45.6 Å². The van der Waals surface area contributed by atoms with E-state index in [0.717, 1.165) is 22.6 Å². The van der Waals surface area contributed by atoms with E-state index in [4.69, 9.17) is 5.73 Å². The lowest BCUT2D eigenvalue weighted by Gasteiger charge is -2.20. The number of rotatable bonds is 3. The molecule has 5 nitrogen and oxygen atoms in total. The molecule has 1 fully saturated rings. The number of nitrogens with zero attached hydrogens (tertiary/aromatic N) is 4. The number of nitrogen functional groups attached to an aromatic ring is 1. The first-order valence-electron chi connectivity index (χ1n) is 7.31. The fraction of sp³-hybridized carbons (Fsp3) is 0.533. The smallest absolute Gasteiger partial charge is 0.182 e. The molecule has 1 saturated carbocycles. The molecule has 106 valence electrons. The highest BCUT2D eigenvalue weighted by Crippen LogP contribution is 2.35. The minimum atomic E-state index is 0.347. The molecule has 0 amide bonds. The van der Waals surface area contributed by atoms with E-state index >= 15 is 0 Å². The van der Waals surface area contributed by atoms with Crippen LogP contribution >= 0.6 is 0 Å². The van der Waals surface area contributed by atoms with E-state index in [1.807, 2.05) is 29.8 Å². The Kier molecular flexibility index (Phi) is 3.42. The largest absolute Gasteiger partial charge is 0.399 e. The van der Waals surface area contributed by atoms with Crippen molar-refractivity contribution in [2.75, 3.05) is 5.73 Å². The summed E-state index contributed by atoms with van der Waals surface area (Å²) in [6.45, 7) is 4.27. The maximum atomic E-state index is 5.82. The Morgan fingerprint density at radius 1 is 1.30 bits per heavy atom. The SMILES string of the molecule is Cc1cc(N)ccc1-c1nnnn1C(C)C1CCCC1. The monoisotopic (exact) mass is 271 g/mol. The number of hydrogen-bond donors (Lipinski definition) is 1. The molecule has 1 heterocycles. The van der Waals surface area contributed by atoms with Gasteiger partial charge in [-0.15, -0.1) is 5.10 Å². The molecular formula is C15H21N5. The second kappa shape index (κ2) is 5.23. The molecule has 0 aliphatic heterocycles. The third-order valence-electron chi connectivity index (χ3n) is 4.45. The lowest BCUT2D eigenvalue weighted by atomic mass is 9.99. The van der Waals surface area contributed by atoms with Crippen molar-refractivity contribution in [3.63, 3.8) is 0 Å². The zero-order valence-electron chi connectivity index (χ0n) is 12.1. The van der Waals surface area contributed by atoms with E-state index < -0.39 is 0 Å². The number of hydrogen-bond acceptors (Lipinski definition) is 4. The Hall–Kier alpha value is -1.91. The van der Waals surface area contributed by atoms with Gasteiger partial charge in [-0.05, 0) is 66.8 Å². The van der Waals surface area contributed by atoms with Crippen molar-refractivity contribution in [1.82, 2.24) is 20.2 Å². The molecule has 1 aliphatic rings. The first-order chi connectivity index (χ1) is 9.66. The van der Waals surface area contributed by atoms with Crippen LogP contribution in [0.4, 0.5) is 5.69 Å². The molecule has 1 aliphatic carbocycles. The Bertz CT molecular complexity index is 598. The van der Waals surface area contributed by atoms with Gasteiger partial charge in [0.05, 0.1) is 6.04 Å². The van der Waals surface area contributed by atoms with E-state index in [9.17, 15) is 0 Å². The second-order valence-corrected chi connectivity index (χ2v) is 5.81. The van der Waals surface area contributed by atoms with Crippen LogP contribution in [0.25, 0.3) is 11.4 Å². The summed E-state index contributed by atoms with van der Waals surface area (Å²) < 4.78 is 1.98. The van der Waals surface area contributed by atoms with Crippen LogP contribution in [0.1, 0.15) is 44.2 Å². The Morgan fingerprint density at radius 2 is 2.05 bits per heavy atom. The number of aromatic nitrogens is 4. The summed E-state index contributed by atoms with van der Waals surface area (Å²) in [6.07, 6.45) is 5.21. The minimum absolute atomic E-state index is 0.347. The summed E-state index contributed by atoms with van der Waals surface area (Å²) in [7, 11) is 0. The number of aryl methyl sites for hydroxylation is 1. The van der Waals surface area contributed by atoms with Crippen molar-refractivity contribution in [1.29, 1.82) is 0 Å². The number of benzene rings is 1. The normalized spacial score (nSPS) is 17.5. The Labute approximate surface area is 119 Å². The number of anilines is 1. The van der Waals surface area contributed by atoms with Gasteiger partial charge in [-0.1, -0.05) is 12.8 Å². The molecular weight excluding hydrogens is 250 g/mol. The maximum Gasteiger partial charge on any atom is 0.182 e.